The Morgan fingerprint density at radius 2 is 2.13 bits per heavy atom. The van der Waals surface area contributed by atoms with Gasteiger partial charge >= 0.3 is 0 Å². The lowest BCUT2D eigenvalue weighted by atomic mass is 10.1. The topological polar surface area (TPSA) is 110 Å². The number of aromatic nitrogens is 4. The van der Waals surface area contributed by atoms with Crippen molar-refractivity contribution in [2.45, 2.75) is 6.54 Å². The van der Waals surface area contributed by atoms with E-state index in [1.807, 2.05) is 18.2 Å². The van der Waals surface area contributed by atoms with Crippen LogP contribution in [0.1, 0.15) is 16.1 Å². The van der Waals surface area contributed by atoms with Gasteiger partial charge in [-0.05, 0) is 29.8 Å². The standard InChI is InChI=1S/C16H13N5O2/c17-16(23)14-11-4-5-13-12(7-18-19-13)15(11)21(20-14)8-9-2-1-3-10(22)6-9/h1-7,22H,8H2,(H2,17,23)(H,18,19). The number of benzene rings is 2. The predicted octanol–water partition coefficient (Wildman–Crippen LogP) is 1.77. The number of amides is 1. The third-order valence-corrected chi connectivity index (χ3v) is 3.81. The Kier molecular flexibility index (Phi) is 2.80. The van der Waals surface area contributed by atoms with Crippen LogP contribution in [0.5, 0.6) is 5.75 Å². The van der Waals surface area contributed by atoms with Crippen LogP contribution < -0.4 is 5.73 Å². The average Bonchev–Trinajstić information content (AvgIpc) is 3.11. The fourth-order valence-corrected chi connectivity index (χ4v) is 2.82. The zero-order valence-corrected chi connectivity index (χ0v) is 12.0. The van der Waals surface area contributed by atoms with E-state index in [1.165, 1.54) is 0 Å². The summed E-state index contributed by atoms with van der Waals surface area (Å²) in [5.41, 5.74) is 8.18. The van der Waals surface area contributed by atoms with Gasteiger partial charge in [0.1, 0.15) is 5.75 Å². The molecule has 4 N–H and O–H groups in total. The Morgan fingerprint density at radius 3 is 2.91 bits per heavy atom. The van der Waals surface area contributed by atoms with Gasteiger partial charge in [-0.3, -0.25) is 14.6 Å². The molecule has 114 valence electrons. The summed E-state index contributed by atoms with van der Waals surface area (Å²) in [4.78, 5) is 11.7. The first-order valence-corrected chi connectivity index (χ1v) is 7.04. The summed E-state index contributed by atoms with van der Waals surface area (Å²) in [6, 6.07) is 10.6. The highest BCUT2D eigenvalue weighted by molar-refractivity contribution is 6.12. The first kappa shape index (κ1) is 13.3. The second-order valence-electron chi connectivity index (χ2n) is 5.33. The van der Waals surface area contributed by atoms with Crippen molar-refractivity contribution < 1.29 is 9.90 Å². The van der Waals surface area contributed by atoms with Crippen molar-refractivity contribution in [3.63, 3.8) is 0 Å². The van der Waals surface area contributed by atoms with Crippen LogP contribution in [-0.2, 0) is 6.54 Å². The highest BCUT2D eigenvalue weighted by atomic mass is 16.3. The van der Waals surface area contributed by atoms with Gasteiger partial charge in [0.25, 0.3) is 5.91 Å². The fourth-order valence-electron chi connectivity index (χ4n) is 2.82. The molecule has 0 aliphatic rings. The van der Waals surface area contributed by atoms with Crippen LogP contribution in [-0.4, -0.2) is 31.0 Å². The first-order valence-electron chi connectivity index (χ1n) is 7.04. The summed E-state index contributed by atoms with van der Waals surface area (Å²) in [6.45, 7) is 0.405. The zero-order valence-electron chi connectivity index (χ0n) is 12.0. The largest absolute Gasteiger partial charge is 0.508 e. The lowest BCUT2D eigenvalue weighted by Crippen LogP contribution is -2.13. The summed E-state index contributed by atoms with van der Waals surface area (Å²) in [6.07, 6.45) is 1.70. The molecule has 23 heavy (non-hydrogen) atoms. The molecule has 0 saturated heterocycles. The first-order chi connectivity index (χ1) is 11.1. The minimum atomic E-state index is -0.576. The molecule has 0 bridgehead atoms. The number of carbonyl (C=O) groups excluding carboxylic acids is 1. The van der Waals surface area contributed by atoms with E-state index in [4.69, 9.17) is 5.73 Å². The van der Waals surface area contributed by atoms with Gasteiger partial charge in [0.2, 0.25) is 0 Å². The minimum absolute atomic E-state index is 0.183. The molecule has 7 heteroatoms. The minimum Gasteiger partial charge on any atom is -0.508 e. The van der Waals surface area contributed by atoms with Crippen LogP contribution in [0.3, 0.4) is 0 Å². The van der Waals surface area contributed by atoms with Crippen LogP contribution in [0, 0.1) is 0 Å². The molecule has 0 unspecified atom stereocenters. The molecule has 7 nitrogen and oxygen atoms in total. The van der Waals surface area contributed by atoms with Crippen molar-refractivity contribution in [1.29, 1.82) is 0 Å². The molecule has 1 amide bonds. The van der Waals surface area contributed by atoms with E-state index in [0.29, 0.717) is 11.9 Å². The second kappa shape index (κ2) is 4.84. The number of hydrogen-bond donors (Lipinski definition) is 3. The SMILES string of the molecule is NC(=O)c1nn(Cc2cccc(O)c2)c2c1ccc1[nH]ncc12. The zero-order chi connectivity index (χ0) is 16.0. The third-order valence-electron chi connectivity index (χ3n) is 3.81. The molecule has 0 spiro atoms. The highest BCUT2D eigenvalue weighted by Crippen LogP contribution is 2.27. The molecule has 2 aromatic carbocycles. The molecule has 0 aliphatic carbocycles. The van der Waals surface area contributed by atoms with Crippen molar-refractivity contribution in [2.24, 2.45) is 5.73 Å². The van der Waals surface area contributed by atoms with E-state index in [0.717, 1.165) is 22.0 Å². The lowest BCUT2D eigenvalue weighted by molar-refractivity contribution is 0.0996. The summed E-state index contributed by atoms with van der Waals surface area (Å²) in [7, 11) is 0. The van der Waals surface area contributed by atoms with Gasteiger partial charge in [-0.15, -0.1) is 0 Å². The van der Waals surface area contributed by atoms with Crippen molar-refractivity contribution in [3.05, 3.63) is 53.9 Å². The number of nitrogens with two attached hydrogens (primary N) is 1. The molecule has 4 rings (SSSR count). The molecule has 2 aromatic heterocycles. The maximum Gasteiger partial charge on any atom is 0.269 e. The van der Waals surface area contributed by atoms with Gasteiger partial charge in [-0.1, -0.05) is 12.1 Å². The van der Waals surface area contributed by atoms with E-state index in [-0.39, 0.29) is 11.4 Å². The van der Waals surface area contributed by atoms with Gasteiger partial charge in [-0.25, -0.2) is 0 Å². The molecule has 0 atom stereocenters. The molecule has 0 radical (unpaired) electrons. The number of primary amides is 1. The predicted molar refractivity (Wildman–Crippen MR) is 85.1 cm³/mol. The molecule has 0 saturated carbocycles. The second-order valence-corrected chi connectivity index (χ2v) is 5.33. The molecular formula is C16H13N5O2. The number of phenolic OH excluding ortho intramolecular Hbond substituents is 1. The normalized spacial score (nSPS) is 11.3. The van der Waals surface area contributed by atoms with Crippen LogP contribution in [0.4, 0.5) is 0 Å². The van der Waals surface area contributed by atoms with Gasteiger partial charge in [0.05, 0.1) is 23.8 Å². The van der Waals surface area contributed by atoms with Crippen LogP contribution in [0.15, 0.2) is 42.6 Å². The maximum absolute atomic E-state index is 11.7. The van der Waals surface area contributed by atoms with E-state index in [1.54, 1.807) is 29.1 Å². The number of aromatic amines is 1. The summed E-state index contributed by atoms with van der Waals surface area (Å²) < 4.78 is 1.71. The van der Waals surface area contributed by atoms with Crippen molar-refractivity contribution in [1.82, 2.24) is 20.0 Å². The molecular weight excluding hydrogens is 294 g/mol. The summed E-state index contributed by atoms with van der Waals surface area (Å²) in [5, 5.41) is 22.5. The molecule has 4 aromatic rings. The molecule has 0 aliphatic heterocycles. The van der Waals surface area contributed by atoms with Crippen molar-refractivity contribution in [3.8, 4) is 5.75 Å². The monoisotopic (exact) mass is 307 g/mol. The number of phenols is 1. The van der Waals surface area contributed by atoms with E-state index < -0.39 is 5.91 Å². The Hall–Kier alpha value is -3.35. The Morgan fingerprint density at radius 1 is 1.26 bits per heavy atom. The third kappa shape index (κ3) is 2.10. The number of carbonyl (C=O) groups is 1. The number of fused-ring (bicyclic) bond motifs is 3. The number of aromatic hydroxyl groups is 1. The summed E-state index contributed by atoms with van der Waals surface area (Å²) in [5.74, 6) is -0.393. The van der Waals surface area contributed by atoms with Crippen molar-refractivity contribution in [2.75, 3.05) is 0 Å². The average molecular weight is 307 g/mol. The Labute approximate surface area is 130 Å². The lowest BCUT2D eigenvalue weighted by Gasteiger charge is -2.05. The number of H-pyrrole nitrogens is 1. The van der Waals surface area contributed by atoms with Gasteiger partial charge in [-0.2, -0.15) is 10.2 Å². The van der Waals surface area contributed by atoms with E-state index >= 15 is 0 Å². The number of nitrogens with one attached hydrogen (secondary N) is 1. The Bertz CT molecular complexity index is 1050. The number of nitrogens with zero attached hydrogens (tertiary/aromatic N) is 3. The van der Waals surface area contributed by atoms with Crippen molar-refractivity contribution >= 4 is 27.7 Å². The van der Waals surface area contributed by atoms with Crippen LogP contribution in [0.25, 0.3) is 21.8 Å². The summed E-state index contributed by atoms with van der Waals surface area (Å²) >= 11 is 0. The Balaban J connectivity index is 1.97. The number of rotatable bonds is 3. The molecule has 0 fully saturated rings. The number of hydrogen-bond acceptors (Lipinski definition) is 4. The quantitative estimate of drug-likeness (QED) is 0.535. The fraction of sp³-hybridized carbons (Fsp3) is 0.0625. The van der Waals surface area contributed by atoms with Gasteiger partial charge in [0.15, 0.2) is 5.69 Å². The van der Waals surface area contributed by atoms with Gasteiger partial charge in [0, 0.05) is 10.8 Å². The molecule has 2 heterocycles. The highest BCUT2D eigenvalue weighted by Gasteiger charge is 2.18. The van der Waals surface area contributed by atoms with E-state index in [9.17, 15) is 9.90 Å². The maximum atomic E-state index is 11.7. The van der Waals surface area contributed by atoms with Crippen LogP contribution in [0.2, 0.25) is 0 Å². The van der Waals surface area contributed by atoms with Crippen LogP contribution >= 0.6 is 0 Å². The van der Waals surface area contributed by atoms with E-state index in [2.05, 4.69) is 15.3 Å². The smallest absolute Gasteiger partial charge is 0.269 e. The van der Waals surface area contributed by atoms with Gasteiger partial charge < -0.3 is 10.8 Å².